The molecule has 0 radical (unpaired) electrons. The Bertz CT molecular complexity index is 716. The van der Waals surface area contributed by atoms with Gasteiger partial charge >= 0.3 is 5.97 Å². The molecular weight excluding hydrogens is 290 g/mol. The van der Waals surface area contributed by atoms with E-state index in [9.17, 15) is 14.7 Å². The first-order valence-corrected chi connectivity index (χ1v) is 7.74. The van der Waals surface area contributed by atoms with E-state index in [1.165, 1.54) is 11.3 Å². The van der Waals surface area contributed by atoms with Crippen LogP contribution in [0.15, 0.2) is 11.6 Å². The van der Waals surface area contributed by atoms with Gasteiger partial charge in [0.1, 0.15) is 5.54 Å². The molecule has 0 spiro atoms. The van der Waals surface area contributed by atoms with E-state index in [0.717, 1.165) is 29.2 Å². The third kappa shape index (κ3) is 2.53. The van der Waals surface area contributed by atoms with Gasteiger partial charge in [-0.05, 0) is 32.6 Å². The fourth-order valence-electron chi connectivity index (χ4n) is 2.56. The summed E-state index contributed by atoms with van der Waals surface area (Å²) < 4.78 is 1.88. The Morgan fingerprint density at radius 1 is 1.57 bits per heavy atom. The molecule has 0 aromatic carbocycles. The number of carbonyl (C=O) groups is 2. The minimum atomic E-state index is -1.16. The van der Waals surface area contributed by atoms with Crippen LogP contribution < -0.4 is 5.32 Å². The number of hydrogen-bond acceptors (Lipinski definition) is 4. The zero-order valence-corrected chi connectivity index (χ0v) is 12.7. The number of nitrogens with zero attached hydrogens (tertiary/aromatic N) is 2. The molecule has 1 saturated carbocycles. The fourth-order valence-corrected chi connectivity index (χ4v) is 3.48. The van der Waals surface area contributed by atoms with Gasteiger partial charge in [0.05, 0.1) is 12.1 Å². The van der Waals surface area contributed by atoms with Crippen molar-refractivity contribution in [3.05, 3.63) is 23.0 Å². The van der Waals surface area contributed by atoms with Gasteiger partial charge in [0, 0.05) is 17.3 Å². The van der Waals surface area contributed by atoms with E-state index < -0.39 is 11.5 Å². The average molecular weight is 307 g/mol. The van der Waals surface area contributed by atoms with Crippen LogP contribution >= 0.6 is 11.3 Å². The van der Waals surface area contributed by atoms with E-state index in [4.69, 9.17) is 0 Å². The summed E-state index contributed by atoms with van der Waals surface area (Å²) >= 11 is 1.48. The molecule has 1 fully saturated rings. The van der Waals surface area contributed by atoms with Crippen molar-refractivity contribution in [2.24, 2.45) is 5.92 Å². The highest BCUT2D eigenvalue weighted by molar-refractivity contribution is 7.15. The summed E-state index contributed by atoms with van der Waals surface area (Å²) in [5, 5.41) is 13.9. The smallest absolute Gasteiger partial charge is 0.329 e. The van der Waals surface area contributed by atoms with E-state index in [2.05, 4.69) is 10.3 Å². The summed E-state index contributed by atoms with van der Waals surface area (Å²) in [6.07, 6.45) is 3.75. The summed E-state index contributed by atoms with van der Waals surface area (Å²) in [6.45, 7) is 3.49. The minimum absolute atomic E-state index is 0.0388. The highest BCUT2D eigenvalue weighted by atomic mass is 32.1. The zero-order valence-electron chi connectivity index (χ0n) is 11.9. The van der Waals surface area contributed by atoms with Gasteiger partial charge in [-0.25, -0.2) is 9.78 Å². The van der Waals surface area contributed by atoms with Crippen molar-refractivity contribution in [2.45, 2.75) is 38.6 Å². The van der Waals surface area contributed by atoms with Gasteiger partial charge in [0.15, 0.2) is 4.96 Å². The Kier molecular flexibility index (Phi) is 3.24. The quantitative estimate of drug-likeness (QED) is 0.879. The van der Waals surface area contributed by atoms with Crippen LogP contribution in [0.5, 0.6) is 0 Å². The number of carboxylic acid groups (broad SMARTS) is 1. The molecule has 2 heterocycles. The van der Waals surface area contributed by atoms with E-state index in [1.54, 1.807) is 6.92 Å². The Morgan fingerprint density at radius 2 is 2.29 bits per heavy atom. The number of amides is 1. The molecule has 1 atom stereocenters. The topological polar surface area (TPSA) is 83.7 Å². The van der Waals surface area contributed by atoms with Gasteiger partial charge < -0.3 is 10.4 Å². The second kappa shape index (κ2) is 4.84. The third-order valence-corrected chi connectivity index (χ3v) is 4.87. The van der Waals surface area contributed by atoms with E-state index in [0.29, 0.717) is 0 Å². The number of aromatic nitrogens is 2. The van der Waals surface area contributed by atoms with Crippen molar-refractivity contribution >= 4 is 28.2 Å². The summed E-state index contributed by atoms with van der Waals surface area (Å²) in [5.41, 5.74) is 0.574. The maximum atomic E-state index is 12.2. The zero-order chi connectivity index (χ0) is 15.2. The third-order valence-electron chi connectivity index (χ3n) is 3.98. The number of rotatable bonds is 5. The maximum Gasteiger partial charge on any atom is 0.329 e. The molecule has 0 aliphatic heterocycles. The van der Waals surface area contributed by atoms with Crippen molar-refractivity contribution in [3.63, 3.8) is 0 Å². The number of fused-ring (bicyclic) bond motifs is 1. The van der Waals surface area contributed by atoms with E-state index in [-0.39, 0.29) is 18.2 Å². The predicted octanol–water partition coefficient (Wildman–Crippen LogP) is 1.62. The molecule has 2 aromatic rings. The molecule has 2 aromatic heterocycles. The monoisotopic (exact) mass is 307 g/mol. The second-order valence-electron chi connectivity index (χ2n) is 5.77. The van der Waals surface area contributed by atoms with Crippen LogP contribution in [0, 0.1) is 12.8 Å². The van der Waals surface area contributed by atoms with Gasteiger partial charge in [-0.15, -0.1) is 11.3 Å². The van der Waals surface area contributed by atoms with Crippen molar-refractivity contribution < 1.29 is 14.7 Å². The Hall–Kier alpha value is -1.89. The van der Waals surface area contributed by atoms with Crippen LogP contribution in [0.25, 0.3) is 4.96 Å². The molecule has 1 aliphatic rings. The Balaban J connectivity index is 1.75. The van der Waals surface area contributed by atoms with Gasteiger partial charge in [0.25, 0.3) is 0 Å². The molecule has 0 saturated heterocycles. The summed E-state index contributed by atoms with van der Waals surface area (Å²) in [7, 11) is 0. The van der Waals surface area contributed by atoms with Crippen molar-refractivity contribution in [3.8, 4) is 0 Å². The SMILES string of the molecule is Cc1cn2c(CC(=O)NC(C)(C(=O)O)C3CC3)csc2n1. The van der Waals surface area contributed by atoms with Gasteiger partial charge in [0.2, 0.25) is 5.91 Å². The van der Waals surface area contributed by atoms with E-state index >= 15 is 0 Å². The summed E-state index contributed by atoms with van der Waals surface area (Å²) in [4.78, 5) is 28.8. The molecule has 6 nitrogen and oxygen atoms in total. The minimum Gasteiger partial charge on any atom is -0.480 e. The Morgan fingerprint density at radius 3 is 2.90 bits per heavy atom. The van der Waals surface area contributed by atoms with Gasteiger partial charge in [-0.1, -0.05) is 0 Å². The molecule has 7 heteroatoms. The molecule has 1 aliphatic carbocycles. The van der Waals surface area contributed by atoms with Crippen LogP contribution in [0.2, 0.25) is 0 Å². The average Bonchev–Trinajstić information content (AvgIpc) is 3.11. The number of thiazole rings is 1. The highest BCUT2D eigenvalue weighted by Gasteiger charge is 2.48. The van der Waals surface area contributed by atoms with Crippen LogP contribution in [-0.2, 0) is 16.0 Å². The predicted molar refractivity (Wildman–Crippen MR) is 78.4 cm³/mol. The second-order valence-corrected chi connectivity index (χ2v) is 6.61. The number of nitrogens with one attached hydrogen (secondary N) is 1. The van der Waals surface area contributed by atoms with Crippen LogP contribution in [0.1, 0.15) is 31.2 Å². The molecule has 3 rings (SSSR count). The molecule has 21 heavy (non-hydrogen) atoms. The van der Waals surface area contributed by atoms with Crippen LogP contribution in [-0.4, -0.2) is 31.9 Å². The van der Waals surface area contributed by atoms with Crippen LogP contribution in [0.4, 0.5) is 0 Å². The number of carboxylic acids is 1. The number of hydrogen-bond donors (Lipinski definition) is 2. The number of carbonyl (C=O) groups excluding carboxylic acids is 1. The lowest BCUT2D eigenvalue weighted by molar-refractivity contribution is -0.147. The first-order valence-electron chi connectivity index (χ1n) is 6.86. The summed E-state index contributed by atoms with van der Waals surface area (Å²) in [6, 6.07) is 0. The highest BCUT2D eigenvalue weighted by Crippen LogP contribution is 2.39. The molecule has 0 bridgehead atoms. The van der Waals surface area contributed by atoms with Crippen molar-refractivity contribution in [2.75, 3.05) is 0 Å². The van der Waals surface area contributed by atoms with Crippen LogP contribution in [0.3, 0.4) is 0 Å². The van der Waals surface area contributed by atoms with Crippen molar-refractivity contribution in [1.29, 1.82) is 0 Å². The normalized spacial score (nSPS) is 17.6. The molecule has 2 N–H and O–H groups in total. The number of aliphatic carboxylic acids is 1. The Labute approximate surface area is 125 Å². The van der Waals surface area contributed by atoms with Crippen molar-refractivity contribution in [1.82, 2.24) is 14.7 Å². The van der Waals surface area contributed by atoms with E-state index in [1.807, 2.05) is 22.9 Å². The molecular formula is C14H17N3O3S. The molecule has 112 valence electrons. The lowest BCUT2D eigenvalue weighted by Gasteiger charge is -2.26. The lowest BCUT2D eigenvalue weighted by Crippen LogP contribution is -2.54. The standard InChI is InChI=1S/C14H17N3O3S/c1-8-6-17-10(7-21-13(17)15-8)5-11(18)16-14(2,12(19)20)9-3-4-9/h6-7,9H,3-5H2,1-2H3,(H,16,18)(H,19,20). The first kappa shape index (κ1) is 14.1. The first-order chi connectivity index (χ1) is 9.90. The number of imidazole rings is 1. The van der Waals surface area contributed by atoms with Gasteiger partial charge in [-0.3, -0.25) is 9.20 Å². The maximum absolute atomic E-state index is 12.2. The lowest BCUT2D eigenvalue weighted by atomic mass is 9.95. The molecule has 1 unspecified atom stereocenters. The molecule has 1 amide bonds. The van der Waals surface area contributed by atoms with Gasteiger partial charge in [-0.2, -0.15) is 0 Å². The summed E-state index contributed by atoms with van der Waals surface area (Å²) in [5.74, 6) is -1.19. The number of aryl methyl sites for hydroxylation is 1. The largest absolute Gasteiger partial charge is 0.480 e. The fraction of sp³-hybridized carbons (Fsp3) is 0.500.